The minimum atomic E-state index is -4.26. The quantitative estimate of drug-likeness (QED) is 0.471. The number of carboxylic acids is 1. The molecule has 30 heavy (non-hydrogen) atoms. The van der Waals surface area contributed by atoms with Crippen LogP contribution in [0.15, 0.2) is 60.8 Å². The Morgan fingerprint density at radius 1 is 1.07 bits per heavy atom. The highest BCUT2D eigenvalue weighted by atomic mass is 19.4. The Labute approximate surface area is 172 Å². The summed E-state index contributed by atoms with van der Waals surface area (Å²) >= 11 is 0. The molecule has 0 bridgehead atoms. The van der Waals surface area contributed by atoms with Gasteiger partial charge in [0, 0.05) is 18.2 Å². The van der Waals surface area contributed by atoms with E-state index < -0.39 is 18.6 Å². The van der Waals surface area contributed by atoms with Crippen molar-refractivity contribution >= 4 is 5.97 Å². The molecule has 0 unspecified atom stereocenters. The lowest BCUT2D eigenvalue weighted by molar-refractivity contribution is -0.136. The number of benzene rings is 2. The maximum absolute atomic E-state index is 12.5. The number of halogens is 3. The summed E-state index contributed by atoms with van der Waals surface area (Å²) in [4.78, 5) is 16.3. The third-order valence-corrected chi connectivity index (χ3v) is 4.49. The second kappa shape index (κ2) is 8.98. The zero-order chi connectivity index (χ0) is 21.7. The average molecular weight is 415 g/mol. The number of carbonyl (C=O) groups is 1. The molecular formula is C23H20F3NO3. The van der Waals surface area contributed by atoms with E-state index in [2.05, 4.69) is 4.98 Å². The number of pyridine rings is 1. The Bertz CT molecular complexity index is 1030. The molecule has 7 heteroatoms. The maximum Gasteiger partial charge on any atom is 0.389 e. The zero-order valence-corrected chi connectivity index (χ0v) is 16.2. The number of ether oxygens (including phenoxy) is 1. The molecule has 0 amide bonds. The van der Waals surface area contributed by atoms with Gasteiger partial charge in [0.25, 0.3) is 0 Å². The van der Waals surface area contributed by atoms with Crippen LogP contribution in [-0.4, -0.2) is 28.8 Å². The van der Waals surface area contributed by atoms with Crippen LogP contribution in [0.2, 0.25) is 0 Å². The first-order valence-electron chi connectivity index (χ1n) is 9.34. The summed E-state index contributed by atoms with van der Waals surface area (Å²) in [6, 6.07) is 15.4. The first kappa shape index (κ1) is 21.4. The number of aryl methyl sites for hydroxylation is 1. The van der Waals surface area contributed by atoms with E-state index in [1.807, 2.05) is 13.0 Å². The molecule has 0 radical (unpaired) electrons. The molecule has 3 rings (SSSR count). The predicted octanol–water partition coefficient (Wildman–Crippen LogP) is 6.14. The molecular weight excluding hydrogens is 395 g/mol. The van der Waals surface area contributed by atoms with Gasteiger partial charge in [0.05, 0.1) is 23.4 Å². The summed E-state index contributed by atoms with van der Waals surface area (Å²) in [7, 11) is 0. The van der Waals surface area contributed by atoms with Gasteiger partial charge in [0.2, 0.25) is 0 Å². The van der Waals surface area contributed by atoms with Crippen LogP contribution in [0.5, 0.6) is 5.75 Å². The van der Waals surface area contributed by atoms with Gasteiger partial charge in [-0.3, -0.25) is 4.98 Å². The molecule has 0 aliphatic heterocycles. The van der Waals surface area contributed by atoms with Crippen molar-refractivity contribution in [2.75, 3.05) is 6.61 Å². The van der Waals surface area contributed by atoms with Gasteiger partial charge < -0.3 is 9.84 Å². The summed E-state index contributed by atoms with van der Waals surface area (Å²) in [5.74, 6) is -0.828. The largest absolute Gasteiger partial charge is 0.493 e. The van der Waals surface area contributed by atoms with Gasteiger partial charge in [0.15, 0.2) is 0 Å². The van der Waals surface area contributed by atoms with E-state index in [0.717, 1.165) is 5.56 Å². The fraction of sp³-hybridized carbons (Fsp3) is 0.217. The van der Waals surface area contributed by atoms with Crippen LogP contribution in [0.3, 0.4) is 0 Å². The molecule has 0 aliphatic rings. The number of alkyl halides is 3. The van der Waals surface area contributed by atoms with Crippen LogP contribution in [0.25, 0.3) is 22.4 Å². The fourth-order valence-electron chi connectivity index (χ4n) is 3.17. The van der Waals surface area contributed by atoms with Gasteiger partial charge in [-0.1, -0.05) is 30.3 Å². The first-order valence-corrected chi connectivity index (χ1v) is 9.34. The van der Waals surface area contributed by atoms with Crippen molar-refractivity contribution in [2.45, 2.75) is 25.9 Å². The van der Waals surface area contributed by atoms with E-state index in [4.69, 9.17) is 4.74 Å². The van der Waals surface area contributed by atoms with Crippen molar-refractivity contribution in [3.05, 3.63) is 71.9 Å². The number of aromatic nitrogens is 1. The van der Waals surface area contributed by atoms with Crippen LogP contribution in [0.4, 0.5) is 13.2 Å². The Morgan fingerprint density at radius 2 is 1.80 bits per heavy atom. The minimum Gasteiger partial charge on any atom is -0.493 e. The lowest BCUT2D eigenvalue weighted by atomic mass is 9.91. The number of hydrogen-bond donors (Lipinski definition) is 1. The number of hydrogen-bond acceptors (Lipinski definition) is 3. The molecule has 3 aromatic rings. The Balaban J connectivity index is 2.14. The van der Waals surface area contributed by atoms with E-state index in [1.54, 1.807) is 42.6 Å². The standard InChI is InChI=1S/C23H20F3NO3/c1-15-10-12-27-18(14-15)21-19(30-13-5-11-23(24,25)26)9-8-17(22(28)29)20(21)16-6-3-2-4-7-16/h2-4,6-10,12,14H,5,11,13H2,1H3,(H,28,29). The highest BCUT2D eigenvalue weighted by molar-refractivity contribution is 6.02. The molecule has 0 fully saturated rings. The number of carboxylic acid groups (broad SMARTS) is 1. The van der Waals surface area contributed by atoms with Crippen molar-refractivity contribution in [1.29, 1.82) is 0 Å². The van der Waals surface area contributed by atoms with Crippen LogP contribution in [0.1, 0.15) is 28.8 Å². The molecule has 0 aliphatic carbocycles. The lowest BCUT2D eigenvalue weighted by Gasteiger charge is -2.18. The molecule has 0 spiro atoms. The van der Waals surface area contributed by atoms with Gasteiger partial charge in [-0.05, 0) is 48.7 Å². The summed E-state index contributed by atoms with van der Waals surface area (Å²) in [5.41, 5.74) is 2.95. The van der Waals surface area contributed by atoms with Gasteiger partial charge >= 0.3 is 12.1 Å². The van der Waals surface area contributed by atoms with Crippen LogP contribution in [-0.2, 0) is 0 Å². The molecule has 0 saturated heterocycles. The summed E-state index contributed by atoms with van der Waals surface area (Å²) < 4.78 is 43.1. The van der Waals surface area contributed by atoms with E-state index in [9.17, 15) is 23.1 Å². The second-order valence-corrected chi connectivity index (χ2v) is 6.82. The van der Waals surface area contributed by atoms with E-state index in [1.165, 1.54) is 12.1 Å². The van der Waals surface area contributed by atoms with Crippen molar-refractivity contribution < 1.29 is 27.8 Å². The minimum absolute atomic E-state index is 0.0575. The van der Waals surface area contributed by atoms with E-state index in [0.29, 0.717) is 28.1 Å². The molecule has 2 aromatic carbocycles. The zero-order valence-electron chi connectivity index (χ0n) is 16.2. The monoisotopic (exact) mass is 415 g/mol. The van der Waals surface area contributed by atoms with Crippen molar-refractivity contribution in [1.82, 2.24) is 4.98 Å². The molecule has 0 saturated carbocycles. The van der Waals surface area contributed by atoms with Gasteiger partial charge in [-0.25, -0.2) is 4.79 Å². The normalized spacial score (nSPS) is 11.3. The molecule has 1 heterocycles. The van der Waals surface area contributed by atoms with Gasteiger partial charge in [-0.15, -0.1) is 0 Å². The highest BCUT2D eigenvalue weighted by Crippen LogP contribution is 2.41. The van der Waals surface area contributed by atoms with Crippen molar-refractivity contribution in [3.8, 4) is 28.1 Å². The summed E-state index contributed by atoms with van der Waals surface area (Å²) in [5, 5.41) is 9.76. The molecule has 0 atom stereocenters. The first-order chi connectivity index (χ1) is 14.3. The van der Waals surface area contributed by atoms with E-state index in [-0.39, 0.29) is 18.6 Å². The van der Waals surface area contributed by atoms with Gasteiger partial charge in [-0.2, -0.15) is 13.2 Å². The summed E-state index contributed by atoms with van der Waals surface area (Å²) in [6.07, 6.45) is -3.82. The average Bonchev–Trinajstić information content (AvgIpc) is 2.70. The maximum atomic E-state index is 12.5. The number of rotatable bonds is 7. The molecule has 156 valence electrons. The van der Waals surface area contributed by atoms with Crippen LogP contribution < -0.4 is 4.74 Å². The number of nitrogens with zero attached hydrogens (tertiary/aromatic N) is 1. The lowest BCUT2D eigenvalue weighted by Crippen LogP contribution is -2.10. The second-order valence-electron chi connectivity index (χ2n) is 6.82. The Hall–Kier alpha value is -3.35. The molecule has 4 nitrogen and oxygen atoms in total. The van der Waals surface area contributed by atoms with Crippen molar-refractivity contribution in [2.24, 2.45) is 0 Å². The highest BCUT2D eigenvalue weighted by Gasteiger charge is 2.27. The SMILES string of the molecule is Cc1ccnc(-c2c(OCCCC(F)(F)F)ccc(C(=O)O)c2-c2ccccc2)c1. The molecule has 1 aromatic heterocycles. The van der Waals surface area contributed by atoms with Crippen LogP contribution >= 0.6 is 0 Å². The topological polar surface area (TPSA) is 59.4 Å². The Morgan fingerprint density at radius 3 is 2.43 bits per heavy atom. The Kier molecular flexibility index (Phi) is 6.40. The third-order valence-electron chi connectivity index (χ3n) is 4.49. The third kappa shape index (κ3) is 5.17. The smallest absolute Gasteiger partial charge is 0.389 e. The van der Waals surface area contributed by atoms with Crippen molar-refractivity contribution in [3.63, 3.8) is 0 Å². The number of aromatic carboxylic acids is 1. The fourth-order valence-corrected chi connectivity index (χ4v) is 3.17. The predicted molar refractivity (Wildman–Crippen MR) is 108 cm³/mol. The van der Waals surface area contributed by atoms with Gasteiger partial charge in [0.1, 0.15) is 5.75 Å². The van der Waals surface area contributed by atoms with E-state index >= 15 is 0 Å². The van der Waals surface area contributed by atoms with Crippen LogP contribution in [0, 0.1) is 6.92 Å². The summed E-state index contributed by atoms with van der Waals surface area (Å²) in [6.45, 7) is 1.72. The molecule has 1 N–H and O–H groups in total.